The second-order valence-electron chi connectivity index (χ2n) is 8.69. The van der Waals surface area contributed by atoms with E-state index < -0.39 is 53.0 Å². The van der Waals surface area contributed by atoms with Gasteiger partial charge < -0.3 is 4.74 Å². The van der Waals surface area contributed by atoms with Crippen molar-refractivity contribution in [2.24, 2.45) is 0 Å². The van der Waals surface area contributed by atoms with E-state index in [0.29, 0.717) is 12.1 Å². The fourth-order valence-electron chi connectivity index (χ4n) is 2.98. The van der Waals surface area contributed by atoms with Gasteiger partial charge in [-0.15, -0.1) is 0 Å². The van der Waals surface area contributed by atoms with Crippen LogP contribution in [0.4, 0.5) is 13.2 Å². The smallest absolute Gasteiger partial charge is 0.417 e. The number of likely N-dealkylation sites (N-methyl/N-ethyl adjacent to an activating group) is 1. The maximum absolute atomic E-state index is 13.6. The topological polar surface area (TPSA) is 110 Å². The van der Waals surface area contributed by atoms with Gasteiger partial charge in [0.1, 0.15) is 5.60 Å². The average Bonchev–Trinajstić information content (AvgIpc) is 2.71. The molecule has 2 rings (SSSR count). The molecule has 2 aromatic carbocycles. The summed E-state index contributed by atoms with van der Waals surface area (Å²) in [5, 5.41) is 0. The second kappa shape index (κ2) is 10.6. The van der Waals surface area contributed by atoms with Crippen LogP contribution < -0.4 is 4.72 Å². The molecule has 0 aliphatic rings. The molecule has 0 aliphatic carbocycles. The third-order valence-electron chi connectivity index (χ3n) is 4.52. The van der Waals surface area contributed by atoms with Gasteiger partial charge in [0.2, 0.25) is 19.9 Å². The monoisotopic (exact) mass is 536 g/mol. The molecule has 0 spiro atoms. The Kier molecular flexibility index (Phi) is 8.74. The summed E-state index contributed by atoms with van der Waals surface area (Å²) in [5.74, 6) is -0.555. The number of hydrogen-bond acceptors (Lipinski definition) is 7. The Morgan fingerprint density at radius 3 is 2.11 bits per heavy atom. The van der Waals surface area contributed by atoms with Crippen LogP contribution in [0.1, 0.15) is 26.3 Å². The average molecular weight is 537 g/mol. The Hall–Kier alpha value is -2.48. The van der Waals surface area contributed by atoms with E-state index in [1.165, 1.54) is 36.2 Å². The van der Waals surface area contributed by atoms with Crippen LogP contribution in [0.25, 0.3) is 0 Å². The van der Waals surface area contributed by atoms with Crippen molar-refractivity contribution in [2.75, 3.05) is 26.7 Å². The second-order valence-corrected chi connectivity index (χ2v) is 12.4. The lowest BCUT2D eigenvalue weighted by Crippen LogP contribution is -2.38. The zero-order valence-corrected chi connectivity index (χ0v) is 21.2. The van der Waals surface area contributed by atoms with Crippen LogP contribution in [0, 0.1) is 0 Å². The Labute approximate surface area is 203 Å². The predicted octanol–water partition coefficient (Wildman–Crippen LogP) is 3.09. The maximum Gasteiger partial charge on any atom is 0.417 e. The molecule has 0 saturated carbocycles. The van der Waals surface area contributed by atoms with Crippen LogP contribution in [0.3, 0.4) is 0 Å². The number of sulfone groups is 1. The first-order chi connectivity index (χ1) is 15.9. The van der Waals surface area contributed by atoms with Gasteiger partial charge in [0.15, 0.2) is 0 Å². The number of sulfonamides is 1. The van der Waals surface area contributed by atoms with Crippen molar-refractivity contribution in [3.05, 3.63) is 54.1 Å². The highest BCUT2D eigenvalue weighted by atomic mass is 32.2. The summed E-state index contributed by atoms with van der Waals surface area (Å²) in [6, 6.07) is 8.58. The van der Waals surface area contributed by atoms with Crippen LogP contribution in [0.5, 0.6) is 0 Å². The first kappa shape index (κ1) is 28.8. The third kappa shape index (κ3) is 8.02. The standard InChI is InChI=1S/C22H27F3N2O6S2/c1-21(2,3)33-20(28)15-27(4)13-12-26-35(31,32)19-14-17(10-11-18(19)22(23,24)25)34(29,30)16-8-6-5-7-9-16/h5-11,14,26H,12-13,15H2,1-4H3. The number of benzene rings is 2. The van der Waals surface area contributed by atoms with Gasteiger partial charge in [0.25, 0.3) is 0 Å². The zero-order valence-electron chi connectivity index (χ0n) is 19.6. The Morgan fingerprint density at radius 2 is 1.57 bits per heavy atom. The Morgan fingerprint density at radius 1 is 0.971 bits per heavy atom. The molecule has 13 heteroatoms. The van der Waals surface area contributed by atoms with E-state index in [4.69, 9.17) is 4.74 Å². The van der Waals surface area contributed by atoms with E-state index in [9.17, 15) is 34.8 Å². The molecule has 194 valence electrons. The van der Waals surface area contributed by atoms with E-state index in [0.717, 1.165) is 6.07 Å². The summed E-state index contributed by atoms with van der Waals surface area (Å²) in [7, 11) is -7.53. The van der Waals surface area contributed by atoms with Gasteiger partial charge in [-0.2, -0.15) is 13.2 Å². The summed E-state index contributed by atoms with van der Waals surface area (Å²) < 4.78 is 99.1. The number of esters is 1. The molecule has 0 atom stereocenters. The SMILES string of the molecule is CN(CCNS(=O)(=O)c1cc(S(=O)(=O)c2ccccc2)ccc1C(F)(F)F)CC(=O)OC(C)(C)C. The molecule has 0 aromatic heterocycles. The van der Waals surface area contributed by atoms with E-state index in [1.807, 2.05) is 4.72 Å². The largest absolute Gasteiger partial charge is 0.459 e. The van der Waals surface area contributed by atoms with Crippen LogP contribution >= 0.6 is 0 Å². The summed E-state index contributed by atoms with van der Waals surface area (Å²) in [6.07, 6.45) is -5.05. The summed E-state index contributed by atoms with van der Waals surface area (Å²) in [4.78, 5) is 11.3. The predicted molar refractivity (Wildman–Crippen MR) is 122 cm³/mol. The number of carbonyl (C=O) groups is 1. The van der Waals surface area contributed by atoms with Crippen molar-refractivity contribution in [3.8, 4) is 0 Å². The van der Waals surface area contributed by atoms with Crippen LogP contribution in [-0.4, -0.2) is 60.0 Å². The van der Waals surface area contributed by atoms with Gasteiger partial charge in [0, 0.05) is 13.1 Å². The third-order valence-corrected chi connectivity index (χ3v) is 7.78. The molecule has 0 aliphatic heterocycles. The fourth-order valence-corrected chi connectivity index (χ4v) is 5.64. The number of alkyl halides is 3. The molecule has 35 heavy (non-hydrogen) atoms. The summed E-state index contributed by atoms with van der Waals surface area (Å²) in [6.45, 7) is 4.52. The molecule has 1 N–H and O–H groups in total. The number of nitrogens with zero attached hydrogens (tertiary/aromatic N) is 1. The molecule has 0 amide bonds. The van der Waals surface area contributed by atoms with Gasteiger partial charge in [0.05, 0.1) is 26.8 Å². The minimum Gasteiger partial charge on any atom is -0.459 e. The highest BCUT2D eigenvalue weighted by Gasteiger charge is 2.38. The Bertz CT molecular complexity index is 1260. The van der Waals surface area contributed by atoms with Gasteiger partial charge in [-0.1, -0.05) is 18.2 Å². The highest BCUT2D eigenvalue weighted by Crippen LogP contribution is 2.36. The molecular weight excluding hydrogens is 509 g/mol. The lowest BCUT2D eigenvalue weighted by molar-refractivity contribution is -0.155. The van der Waals surface area contributed by atoms with Crippen molar-refractivity contribution >= 4 is 25.8 Å². The number of nitrogens with one attached hydrogen (secondary N) is 1. The minimum absolute atomic E-state index is 0.0260. The van der Waals surface area contributed by atoms with Gasteiger partial charge in [-0.3, -0.25) is 9.69 Å². The quantitative estimate of drug-likeness (QED) is 0.491. The lowest BCUT2D eigenvalue weighted by atomic mass is 10.2. The number of hydrogen-bond donors (Lipinski definition) is 1. The molecule has 0 fully saturated rings. The maximum atomic E-state index is 13.6. The summed E-state index contributed by atoms with van der Waals surface area (Å²) in [5.41, 5.74) is -2.21. The highest BCUT2D eigenvalue weighted by molar-refractivity contribution is 7.91. The van der Waals surface area contributed by atoms with E-state index >= 15 is 0 Å². The minimum atomic E-state index is -5.05. The molecule has 0 unspecified atom stereocenters. The zero-order chi connectivity index (χ0) is 26.7. The molecule has 0 saturated heterocycles. The normalized spacial score (nSPS) is 13.1. The van der Waals surface area contributed by atoms with Crippen molar-refractivity contribution in [2.45, 2.75) is 47.2 Å². The first-order valence-electron chi connectivity index (χ1n) is 10.3. The van der Waals surface area contributed by atoms with Crippen molar-refractivity contribution in [1.29, 1.82) is 0 Å². The van der Waals surface area contributed by atoms with E-state index in [2.05, 4.69) is 0 Å². The molecule has 0 bridgehead atoms. The number of halogens is 3. The number of ether oxygens (including phenoxy) is 1. The number of carbonyl (C=O) groups excluding carboxylic acids is 1. The lowest BCUT2D eigenvalue weighted by Gasteiger charge is -2.22. The van der Waals surface area contributed by atoms with E-state index in [-0.39, 0.29) is 24.5 Å². The number of rotatable bonds is 9. The van der Waals surface area contributed by atoms with Crippen molar-refractivity contribution in [3.63, 3.8) is 0 Å². The fraction of sp³-hybridized carbons (Fsp3) is 0.409. The molecular formula is C22H27F3N2O6S2. The van der Waals surface area contributed by atoms with Crippen LogP contribution in [-0.2, 0) is 35.6 Å². The molecule has 8 nitrogen and oxygen atoms in total. The van der Waals surface area contributed by atoms with Gasteiger partial charge >= 0.3 is 12.1 Å². The summed E-state index contributed by atoms with van der Waals surface area (Å²) >= 11 is 0. The molecule has 2 aromatic rings. The van der Waals surface area contributed by atoms with E-state index in [1.54, 1.807) is 26.8 Å². The van der Waals surface area contributed by atoms with Crippen LogP contribution in [0.15, 0.2) is 63.2 Å². The van der Waals surface area contributed by atoms with Gasteiger partial charge in [-0.05, 0) is 58.2 Å². The Balaban J connectivity index is 2.28. The first-order valence-corrected chi connectivity index (χ1v) is 13.3. The van der Waals surface area contributed by atoms with Crippen LogP contribution in [0.2, 0.25) is 0 Å². The van der Waals surface area contributed by atoms with Crippen molar-refractivity contribution < 1.29 is 39.5 Å². The van der Waals surface area contributed by atoms with Crippen molar-refractivity contribution in [1.82, 2.24) is 9.62 Å². The molecule has 0 heterocycles. The molecule has 0 radical (unpaired) electrons. The van der Waals surface area contributed by atoms with Gasteiger partial charge in [-0.25, -0.2) is 21.6 Å².